The number of carbonyl (C=O) groups is 1. The van der Waals surface area contributed by atoms with E-state index in [0.29, 0.717) is 5.56 Å². The first kappa shape index (κ1) is 13.5. The van der Waals surface area contributed by atoms with Gasteiger partial charge in [-0.25, -0.2) is 0 Å². The molecule has 3 N–H and O–H groups in total. The third-order valence-electron chi connectivity index (χ3n) is 2.73. The van der Waals surface area contributed by atoms with Crippen LogP contribution in [0.4, 0.5) is 24.5 Å². The summed E-state index contributed by atoms with van der Waals surface area (Å²) in [5, 5.41) is 8.52. The maximum absolute atomic E-state index is 12.0. The molecule has 4 nitrogen and oxygen atoms in total. The molecule has 0 saturated carbocycles. The minimum absolute atomic E-state index is 0.345. The zero-order chi connectivity index (χ0) is 13.9. The Bertz CT molecular complexity index is 474. The predicted octanol–water partition coefficient (Wildman–Crippen LogP) is 2.21. The van der Waals surface area contributed by atoms with Gasteiger partial charge in [0, 0.05) is 25.2 Å². The first-order valence-corrected chi connectivity index (χ1v) is 5.92. The highest BCUT2D eigenvalue weighted by Gasteiger charge is 2.26. The molecule has 1 aliphatic heterocycles. The molecule has 2 rings (SSSR count). The summed E-state index contributed by atoms with van der Waals surface area (Å²) in [5.41, 5.74) is 2.02. The van der Waals surface area contributed by atoms with E-state index in [4.69, 9.17) is 0 Å². The minimum atomic E-state index is -4.26. The van der Waals surface area contributed by atoms with E-state index in [1.54, 1.807) is 18.2 Å². The Morgan fingerprint density at radius 1 is 1.21 bits per heavy atom. The number of rotatable bonds is 3. The van der Waals surface area contributed by atoms with Crippen LogP contribution in [0.2, 0.25) is 0 Å². The average molecular weight is 273 g/mol. The van der Waals surface area contributed by atoms with E-state index in [2.05, 4.69) is 16.0 Å². The van der Waals surface area contributed by atoms with Gasteiger partial charge in [0.1, 0.15) is 0 Å². The van der Waals surface area contributed by atoms with Crippen LogP contribution in [-0.2, 0) is 0 Å². The maximum atomic E-state index is 12.0. The van der Waals surface area contributed by atoms with Gasteiger partial charge in [0.25, 0.3) is 5.91 Å². The SMILES string of the molecule is O=C(NCCC(F)(F)F)c1ccc2c(c1)NCCN2. The highest BCUT2D eigenvalue weighted by atomic mass is 19.4. The number of hydrogen-bond donors (Lipinski definition) is 3. The highest BCUT2D eigenvalue weighted by molar-refractivity contribution is 5.96. The molecule has 0 aromatic heterocycles. The van der Waals surface area contributed by atoms with Crippen molar-refractivity contribution >= 4 is 17.3 Å². The zero-order valence-corrected chi connectivity index (χ0v) is 10.1. The van der Waals surface area contributed by atoms with Crippen LogP contribution in [0.3, 0.4) is 0 Å². The Morgan fingerprint density at radius 3 is 2.58 bits per heavy atom. The normalized spacial score (nSPS) is 14.1. The summed E-state index contributed by atoms with van der Waals surface area (Å²) >= 11 is 0. The van der Waals surface area contributed by atoms with Crippen molar-refractivity contribution in [2.75, 3.05) is 30.3 Å². The molecule has 1 aliphatic rings. The molecule has 0 bridgehead atoms. The molecule has 104 valence electrons. The minimum Gasteiger partial charge on any atom is -0.382 e. The summed E-state index contributed by atoms with van der Waals surface area (Å²) in [7, 11) is 0. The molecule has 0 aliphatic carbocycles. The summed E-state index contributed by atoms with van der Waals surface area (Å²) in [6, 6.07) is 4.95. The summed E-state index contributed by atoms with van der Waals surface area (Å²) in [6.07, 6.45) is -5.28. The second-order valence-corrected chi connectivity index (χ2v) is 4.23. The van der Waals surface area contributed by atoms with Crippen LogP contribution in [0.5, 0.6) is 0 Å². The first-order valence-electron chi connectivity index (χ1n) is 5.92. The van der Waals surface area contributed by atoms with Gasteiger partial charge in [-0.1, -0.05) is 0 Å². The fraction of sp³-hybridized carbons (Fsp3) is 0.417. The largest absolute Gasteiger partial charge is 0.390 e. The number of hydrogen-bond acceptors (Lipinski definition) is 3. The Balaban J connectivity index is 1.96. The van der Waals surface area contributed by atoms with Crippen LogP contribution in [0.1, 0.15) is 16.8 Å². The van der Waals surface area contributed by atoms with E-state index in [-0.39, 0.29) is 0 Å². The lowest BCUT2D eigenvalue weighted by molar-refractivity contribution is -0.132. The van der Waals surface area contributed by atoms with E-state index < -0.39 is 25.0 Å². The quantitative estimate of drug-likeness (QED) is 0.791. The lowest BCUT2D eigenvalue weighted by Gasteiger charge is -2.20. The molecule has 1 heterocycles. The molecule has 0 saturated heterocycles. The number of carbonyl (C=O) groups excluding carboxylic acids is 1. The zero-order valence-electron chi connectivity index (χ0n) is 10.1. The van der Waals surface area contributed by atoms with Gasteiger partial charge < -0.3 is 16.0 Å². The number of amides is 1. The van der Waals surface area contributed by atoms with E-state index in [0.717, 1.165) is 24.5 Å². The molecule has 0 spiro atoms. The van der Waals surface area contributed by atoms with Crippen molar-refractivity contribution < 1.29 is 18.0 Å². The Labute approximate surface area is 108 Å². The molecule has 0 fully saturated rings. The van der Waals surface area contributed by atoms with Gasteiger partial charge in [0.2, 0.25) is 0 Å². The van der Waals surface area contributed by atoms with Crippen molar-refractivity contribution in [2.45, 2.75) is 12.6 Å². The second kappa shape index (κ2) is 5.38. The van der Waals surface area contributed by atoms with E-state index in [1.807, 2.05) is 0 Å². The van der Waals surface area contributed by atoms with Crippen LogP contribution in [0.25, 0.3) is 0 Å². The molecular formula is C12H14F3N3O. The van der Waals surface area contributed by atoms with Gasteiger partial charge in [-0.2, -0.15) is 13.2 Å². The number of anilines is 2. The smallest absolute Gasteiger partial charge is 0.382 e. The van der Waals surface area contributed by atoms with Crippen LogP contribution in [0.15, 0.2) is 18.2 Å². The van der Waals surface area contributed by atoms with Crippen molar-refractivity contribution in [3.05, 3.63) is 23.8 Å². The molecule has 7 heteroatoms. The van der Waals surface area contributed by atoms with E-state index in [1.165, 1.54) is 0 Å². The van der Waals surface area contributed by atoms with Crippen LogP contribution in [0, 0.1) is 0 Å². The van der Waals surface area contributed by atoms with Crippen LogP contribution in [-0.4, -0.2) is 31.7 Å². The molecule has 1 amide bonds. The van der Waals surface area contributed by atoms with Crippen molar-refractivity contribution in [1.82, 2.24) is 5.32 Å². The molecule has 1 aromatic carbocycles. The summed E-state index contributed by atoms with van der Waals surface area (Å²) in [5.74, 6) is -0.501. The highest BCUT2D eigenvalue weighted by Crippen LogP contribution is 2.25. The van der Waals surface area contributed by atoms with Gasteiger partial charge in [0.15, 0.2) is 0 Å². The molecule has 0 radical (unpaired) electrons. The summed E-state index contributed by atoms with van der Waals surface area (Å²) in [6.45, 7) is 1.13. The summed E-state index contributed by atoms with van der Waals surface area (Å²) in [4.78, 5) is 11.7. The maximum Gasteiger partial charge on any atom is 0.390 e. The molecule has 19 heavy (non-hydrogen) atoms. The van der Waals surface area contributed by atoms with E-state index >= 15 is 0 Å². The van der Waals surface area contributed by atoms with Crippen molar-refractivity contribution in [1.29, 1.82) is 0 Å². The number of halogens is 3. The lowest BCUT2D eigenvalue weighted by Crippen LogP contribution is -2.28. The van der Waals surface area contributed by atoms with Crippen molar-refractivity contribution in [2.24, 2.45) is 0 Å². The molecule has 1 aromatic rings. The predicted molar refractivity (Wildman–Crippen MR) is 66.4 cm³/mol. The Hall–Kier alpha value is -1.92. The summed E-state index contributed by atoms with van der Waals surface area (Å²) < 4.78 is 35.9. The fourth-order valence-corrected chi connectivity index (χ4v) is 1.80. The third-order valence-corrected chi connectivity index (χ3v) is 2.73. The number of alkyl halides is 3. The first-order chi connectivity index (χ1) is 8.96. The Morgan fingerprint density at radius 2 is 1.89 bits per heavy atom. The average Bonchev–Trinajstić information content (AvgIpc) is 2.36. The monoisotopic (exact) mass is 273 g/mol. The van der Waals surface area contributed by atoms with Gasteiger partial charge in [0.05, 0.1) is 17.8 Å². The third kappa shape index (κ3) is 3.77. The lowest BCUT2D eigenvalue weighted by atomic mass is 10.1. The number of fused-ring (bicyclic) bond motifs is 1. The van der Waals surface area contributed by atoms with Crippen molar-refractivity contribution in [3.63, 3.8) is 0 Å². The van der Waals surface area contributed by atoms with Gasteiger partial charge in [-0.3, -0.25) is 4.79 Å². The Kier molecular flexibility index (Phi) is 3.82. The van der Waals surface area contributed by atoms with Crippen LogP contribution < -0.4 is 16.0 Å². The second-order valence-electron chi connectivity index (χ2n) is 4.23. The topological polar surface area (TPSA) is 53.2 Å². The van der Waals surface area contributed by atoms with Gasteiger partial charge in [-0.05, 0) is 18.2 Å². The molecule has 0 atom stereocenters. The number of benzene rings is 1. The number of nitrogens with one attached hydrogen (secondary N) is 3. The van der Waals surface area contributed by atoms with Gasteiger partial charge in [-0.15, -0.1) is 0 Å². The molecule has 0 unspecified atom stereocenters. The van der Waals surface area contributed by atoms with E-state index in [9.17, 15) is 18.0 Å². The molecular weight excluding hydrogens is 259 g/mol. The standard InChI is InChI=1S/C12H14F3N3O/c13-12(14,15)3-4-18-11(19)8-1-2-9-10(7-8)17-6-5-16-9/h1-2,7,16-17H,3-6H2,(H,18,19). The van der Waals surface area contributed by atoms with Crippen LogP contribution >= 0.6 is 0 Å². The van der Waals surface area contributed by atoms with Crippen molar-refractivity contribution in [3.8, 4) is 0 Å². The fourth-order valence-electron chi connectivity index (χ4n) is 1.80. The van der Waals surface area contributed by atoms with Gasteiger partial charge >= 0.3 is 6.18 Å².